The fraction of sp³-hybridized carbons (Fsp3) is 0.688. The highest BCUT2D eigenvalue weighted by atomic mass is 16.5. The molecule has 0 bridgehead atoms. The monoisotopic (exact) mass is 262 g/mol. The maximum Gasteiger partial charge on any atom is 0.123 e. The molecule has 0 aliphatic heterocycles. The summed E-state index contributed by atoms with van der Waals surface area (Å²) in [6.07, 6.45) is 8.65. The molecular formula is C16H26N2O. The van der Waals surface area contributed by atoms with Gasteiger partial charge in [-0.05, 0) is 44.2 Å². The van der Waals surface area contributed by atoms with Crippen molar-refractivity contribution in [3.8, 4) is 5.75 Å². The van der Waals surface area contributed by atoms with Gasteiger partial charge in [-0.2, -0.15) is 0 Å². The van der Waals surface area contributed by atoms with Gasteiger partial charge < -0.3 is 10.1 Å². The first-order valence-corrected chi connectivity index (χ1v) is 7.65. The number of rotatable bonds is 6. The third-order valence-corrected chi connectivity index (χ3v) is 4.00. The maximum atomic E-state index is 6.21. The zero-order chi connectivity index (χ0) is 13.5. The van der Waals surface area contributed by atoms with E-state index < -0.39 is 0 Å². The van der Waals surface area contributed by atoms with E-state index >= 15 is 0 Å². The van der Waals surface area contributed by atoms with Crippen LogP contribution in [0.1, 0.15) is 51.6 Å². The topological polar surface area (TPSA) is 34.1 Å². The Labute approximate surface area is 116 Å². The molecule has 1 N–H and O–H groups in total. The molecule has 106 valence electrons. The van der Waals surface area contributed by atoms with E-state index in [1.807, 2.05) is 12.3 Å². The van der Waals surface area contributed by atoms with E-state index in [1.54, 1.807) is 0 Å². The first kappa shape index (κ1) is 14.3. The van der Waals surface area contributed by atoms with Crippen LogP contribution in [0.3, 0.4) is 0 Å². The summed E-state index contributed by atoms with van der Waals surface area (Å²) in [6.45, 7) is 6.16. The minimum atomic E-state index is 0.396. The van der Waals surface area contributed by atoms with Crippen molar-refractivity contribution in [1.82, 2.24) is 10.3 Å². The molecule has 1 aromatic heterocycles. The Morgan fingerprint density at radius 3 is 2.95 bits per heavy atom. The van der Waals surface area contributed by atoms with Crippen molar-refractivity contribution < 1.29 is 4.74 Å². The van der Waals surface area contributed by atoms with E-state index in [4.69, 9.17) is 4.74 Å². The average Bonchev–Trinajstić information content (AvgIpc) is 2.46. The SMILES string of the molecule is CCNCc1cc(OC2CCCCC2CC)ccn1. The molecule has 0 aromatic carbocycles. The maximum absolute atomic E-state index is 6.21. The lowest BCUT2D eigenvalue weighted by Crippen LogP contribution is -2.30. The molecule has 0 spiro atoms. The van der Waals surface area contributed by atoms with Gasteiger partial charge in [-0.25, -0.2) is 0 Å². The molecule has 1 aliphatic carbocycles. The van der Waals surface area contributed by atoms with Gasteiger partial charge in [0.15, 0.2) is 0 Å². The smallest absolute Gasteiger partial charge is 0.123 e. The highest BCUT2D eigenvalue weighted by Crippen LogP contribution is 2.30. The zero-order valence-electron chi connectivity index (χ0n) is 12.2. The Balaban J connectivity index is 1.97. The highest BCUT2D eigenvalue weighted by Gasteiger charge is 2.25. The quantitative estimate of drug-likeness (QED) is 0.851. The normalized spacial score (nSPS) is 23.3. The Bertz CT molecular complexity index is 381. The summed E-state index contributed by atoms with van der Waals surface area (Å²) in [5.74, 6) is 1.70. The van der Waals surface area contributed by atoms with Crippen LogP contribution in [0.4, 0.5) is 0 Å². The van der Waals surface area contributed by atoms with Gasteiger partial charge in [0.05, 0.1) is 5.69 Å². The summed E-state index contributed by atoms with van der Waals surface area (Å²) in [5, 5.41) is 3.30. The van der Waals surface area contributed by atoms with Gasteiger partial charge in [0.1, 0.15) is 11.9 Å². The molecule has 1 heterocycles. The number of hydrogen-bond donors (Lipinski definition) is 1. The zero-order valence-corrected chi connectivity index (χ0v) is 12.2. The van der Waals surface area contributed by atoms with Crippen LogP contribution >= 0.6 is 0 Å². The van der Waals surface area contributed by atoms with Crippen LogP contribution in [-0.4, -0.2) is 17.6 Å². The second kappa shape index (κ2) is 7.49. The van der Waals surface area contributed by atoms with Crippen LogP contribution in [-0.2, 0) is 6.54 Å². The Hall–Kier alpha value is -1.09. The Morgan fingerprint density at radius 2 is 2.16 bits per heavy atom. The molecule has 1 aliphatic rings. The Kier molecular flexibility index (Phi) is 5.64. The molecule has 2 rings (SSSR count). The summed E-state index contributed by atoms with van der Waals surface area (Å²) in [6, 6.07) is 4.06. The first-order valence-electron chi connectivity index (χ1n) is 7.65. The lowest BCUT2D eigenvalue weighted by atomic mass is 9.85. The lowest BCUT2D eigenvalue weighted by Gasteiger charge is -2.31. The van der Waals surface area contributed by atoms with Crippen molar-refractivity contribution in [3.05, 3.63) is 24.0 Å². The van der Waals surface area contributed by atoms with Crippen molar-refractivity contribution in [2.45, 2.75) is 58.6 Å². The minimum Gasteiger partial charge on any atom is -0.490 e. The van der Waals surface area contributed by atoms with Crippen LogP contribution in [0.5, 0.6) is 5.75 Å². The number of aromatic nitrogens is 1. The number of nitrogens with zero attached hydrogens (tertiary/aromatic N) is 1. The first-order chi connectivity index (χ1) is 9.33. The summed E-state index contributed by atoms with van der Waals surface area (Å²) in [5.41, 5.74) is 1.06. The number of ether oxygens (including phenoxy) is 1. The van der Waals surface area contributed by atoms with Gasteiger partial charge >= 0.3 is 0 Å². The summed E-state index contributed by atoms with van der Waals surface area (Å²) in [4.78, 5) is 4.37. The van der Waals surface area contributed by atoms with Crippen molar-refractivity contribution in [2.75, 3.05) is 6.54 Å². The van der Waals surface area contributed by atoms with E-state index in [9.17, 15) is 0 Å². The lowest BCUT2D eigenvalue weighted by molar-refractivity contribution is 0.0902. The van der Waals surface area contributed by atoms with Gasteiger partial charge in [0.2, 0.25) is 0 Å². The highest BCUT2D eigenvalue weighted by molar-refractivity contribution is 5.23. The molecular weight excluding hydrogens is 236 g/mol. The second-order valence-electron chi connectivity index (χ2n) is 5.37. The average molecular weight is 262 g/mol. The molecule has 19 heavy (non-hydrogen) atoms. The van der Waals surface area contributed by atoms with Crippen molar-refractivity contribution in [2.24, 2.45) is 5.92 Å². The second-order valence-corrected chi connectivity index (χ2v) is 5.37. The standard InChI is InChI=1S/C16H26N2O/c1-3-13-7-5-6-8-16(13)19-15-9-10-18-14(11-15)12-17-4-2/h9-11,13,16-17H,3-8,12H2,1-2H3. The number of nitrogens with one attached hydrogen (secondary N) is 1. The van der Waals surface area contributed by atoms with E-state index in [-0.39, 0.29) is 0 Å². The molecule has 2 atom stereocenters. The van der Waals surface area contributed by atoms with E-state index in [2.05, 4.69) is 30.2 Å². The van der Waals surface area contributed by atoms with Gasteiger partial charge in [-0.15, -0.1) is 0 Å². The largest absolute Gasteiger partial charge is 0.490 e. The van der Waals surface area contributed by atoms with Crippen LogP contribution in [0.25, 0.3) is 0 Å². The van der Waals surface area contributed by atoms with Crippen molar-refractivity contribution >= 4 is 0 Å². The van der Waals surface area contributed by atoms with Crippen molar-refractivity contribution in [3.63, 3.8) is 0 Å². The van der Waals surface area contributed by atoms with Gasteiger partial charge in [-0.1, -0.05) is 20.3 Å². The molecule has 2 unspecified atom stereocenters. The molecule has 0 saturated heterocycles. The van der Waals surface area contributed by atoms with Crippen molar-refractivity contribution in [1.29, 1.82) is 0 Å². The van der Waals surface area contributed by atoms with Gasteiger partial charge in [0, 0.05) is 18.8 Å². The fourth-order valence-electron chi connectivity index (χ4n) is 2.85. The van der Waals surface area contributed by atoms with Gasteiger partial charge in [-0.3, -0.25) is 4.98 Å². The molecule has 1 aromatic rings. The van der Waals surface area contributed by atoms with Crippen LogP contribution in [0.2, 0.25) is 0 Å². The number of pyridine rings is 1. The third-order valence-electron chi connectivity index (χ3n) is 4.00. The summed E-state index contributed by atoms with van der Waals surface area (Å²) in [7, 11) is 0. The molecule has 3 nitrogen and oxygen atoms in total. The predicted octanol–water partition coefficient (Wildman–Crippen LogP) is 3.54. The molecule has 1 saturated carbocycles. The van der Waals surface area contributed by atoms with E-state index in [0.29, 0.717) is 6.10 Å². The van der Waals surface area contributed by atoms with E-state index in [1.165, 1.54) is 32.1 Å². The fourth-order valence-corrected chi connectivity index (χ4v) is 2.85. The molecule has 1 fully saturated rings. The predicted molar refractivity (Wildman–Crippen MR) is 78.3 cm³/mol. The van der Waals surface area contributed by atoms with Crippen LogP contribution in [0, 0.1) is 5.92 Å². The van der Waals surface area contributed by atoms with Crippen LogP contribution < -0.4 is 10.1 Å². The molecule has 0 amide bonds. The summed E-state index contributed by atoms with van der Waals surface area (Å²) >= 11 is 0. The Morgan fingerprint density at radius 1 is 1.32 bits per heavy atom. The van der Waals surface area contributed by atoms with Gasteiger partial charge in [0.25, 0.3) is 0 Å². The minimum absolute atomic E-state index is 0.396. The summed E-state index contributed by atoms with van der Waals surface area (Å²) < 4.78 is 6.21. The third kappa shape index (κ3) is 4.20. The van der Waals surface area contributed by atoms with E-state index in [0.717, 1.165) is 30.5 Å². The molecule has 3 heteroatoms. The van der Waals surface area contributed by atoms with Crippen LogP contribution in [0.15, 0.2) is 18.3 Å². The molecule has 0 radical (unpaired) electrons. The number of hydrogen-bond acceptors (Lipinski definition) is 3.